The van der Waals surface area contributed by atoms with Crippen molar-refractivity contribution in [3.05, 3.63) is 65.2 Å². The minimum absolute atomic E-state index is 0.0514. The quantitative estimate of drug-likeness (QED) is 0.861. The van der Waals surface area contributed by atoms with Crippen LogP contribution in [0.4, 0.5) is 13.2 Å². The van der Waals surface area contributed by atoms with Gasteiger partial charge in [-0.25, -0.2) is 0 Å². The van der Waals surface area contributed by atoms with Crippen LogP contribution >= 0.6 is 0 Å². The van der Waals surface area contributed by atoms with Crippen molar-refractivity contribution in [3.63, 3.8) is 0 Å². The summed E-state index contributed by atoms with van der Waals surface area (Å²) in [5.74, 6) is -3.69. The molecule has 25 heavy (non-hydrogen) atoms. The van der Waals surface area contributed by atoms with E-state index in [9.17, 15) is 22.8 Å². The van der Waals surface area contributed by atoms with Gasteiger partial charge in [-0.05, 0) is 30.2 Å². The zero-order chi connectivity index (χ0) is 18.2. The first-order valence-electron chi connectivity index (χ1n) is 7.46. The zero-order valence-electron chi connectivity index (χ0n) is 12.8. The Morgan fingerprint density at radius 1 is 1.04 bits per heavy atom. The maximum Gasteiger partial charge on any atom is 0.426 e. The molecule has 2 aromatic carbocycles. The number of hydrogen-bond acceptors (Lipinski definition) is 3. The van der Waals surface area contributed by atoms with Crippen LogP contribution in [0.25, 0.3) is 0 Å². The number of carboxylic acids is 1. The Bertz CT molecular complexity index is 815. The van der Waals surface area contributed by atoms with Crippen molar-refractivity contribution in [3.8, 4) is 5.75 Å². The summed E-state index contributed by atoms with van der Waals surface area (Å²) in [5, 5.41) is 9.11. The Balaban J connectivity index is 1.95. The van der Waals surface area contributed by atoms with Gasteiger partial charge in [0.25, 0.3) is 0 Å². The minimum Gasteiger partial charge on any atom is -0.481 e. The zero-order valence-corrected chi connectivity index (χ0v) is 12.8. The van der Waals surface area contributed by atoms with Crippen LogP contribution in [0.5, 0.6) is 5.75 Å². The summed E-state index contributed by atoms with van der Waals surface area (Å²) in [6, 6.07) is 12.5. The molecule has 1 aliphatic rings. The highest BCUT2D eigenvalue weighted by molar-refractivity contribution is 6.09. The van der Waals surface area contributed by atoms with Crippen LogP contribution in [0.3, 0.4) is 0 Å². The van der Waals surface area contributed by atoms with Gasteiger partial charge in [-0.3, -0.25) is 9.59 Å². The van der Waals surface area contributed by atoms with Gasteiger partial charge in [0.15, 0.2) is 5.78 Å². The molecule has 0 saturated heterocycles. The number of ketones is 1. The second kappa shape index (κ2) is 6.23. The summed E-state index contributed by atoms with van der Waals surface area (Å²) in [6.45, 7) is 0. The van der Waals surface area contributed by atoms with E-state index >= 15 is 0 Å². The summed E-state index contributed by atoms with van der Waals surface area (Å²) in [6.07, 6.45) is -7.56. The molecule has 0 radical (unpaired) electrons. The lowest BCUT2D eigenvalue weighted by atomic mass is 9.88. The maximum atomic E-state index is 13.0. The van der Waals surface area contributed by atoms with E-state index in [1.165, 1.54) is 18.2 Å². The van der Waals surface area contributed by atoms with Gasteiger partial charge in [0.2, 0.25) is 6.10 Å². The van der Waals surface area contributed by atoms with Crippen molar-refractivity contribution >= 4 is 11.8 Å². The molecule has 2 atom stereocenters. The lowest BCUT2D eigenvalue weighted by Crippen LogP contribution is -2.47. The van der Waals surface area contributed by atoms with Gasteiger partial charge in [0.1, 0.15) is 11.7 Å². The molecule has 1 N–H and O–H groups in total. The van der Waals surface area contributed by atoms with Gasteiger partial charge in [-0.15, -0.1) is 0 Å². The Morgan fingerprint density at radius 3 is 2.32 bits per heavy atom. The first-order valence-corrected chi connectivity index (χ1v) is 7.46. The number of carbonyl (C=O) groups excluding carboxylic acids is 1. The van der Waals surface area contributed by atoms with Crippen molar-refractivity contribution in [1.29, 1.82) is 0 Å². The third-order valence-electron chi connectivity index (χ3n) is 4.06. The summed E-state index contributed by atoms with van der Waals surface area (Å²) < 4.78 is 44.0. The molecule has 4 nitrogen and oxygen atoms in total. The van der Waals surface area contributed by atoms with E-state index < -0.39 is 24.2 Å². The highest BCUT2D eigenvalue weighted by atomic mass is 19.4. The van der Waals surface area contributed by atoms with Crippen molar-refractivity contribution in [2.24, 2.45) is 5.92 Å². The van der Waals surface area contributed by atoms with Crippen LogP contribution < -0.4 is 4.74 Å². The van der Waals surface area contributed by atoms with Crippen LogP contribution in [-0.2, 0) is 11.2 Å². The number of carbonyl (C=O) groups is 2. The van der Waals surface area contributed by atoms with Gasteiger partial charge in [0, 0.05) is 11.1 Å². The van der Waals surface area contributed by atoms with E-state index in [4.69, 9.17) is 9.84 Å². The van der Waals surface area contributed by atoms with Gasteiger partial charge in [-0.2, -0.15) is 13.2 Å². The molecule has 0 spiro atoms. The molecule has 0 aromatic heterocycles. The average molecular weight is 350 g/mol. The Kier molecular flexibility index (Phi) is 4.24. The minimum atomic E-state index is -4.79. The molecule has 3 rings (SSSR count). The van der Waals surface area contributed by atoms with Crippen molar-refractivity contribution in [2.45, 2.75) is 18.7 Å². The Hall–Kier alpha value is -2.83. The topological polar surface area (TPSA) is 63.6 Å². The Morgan fingerprint density at radius 2 is 1.72 bits per heavy atom. The normalized spacial score (nSPS) is 19.6. The van der Waals surface area contributed by atoms with Gasteiger partial charge < -0.3 is 9.84 Å². The second-order valence-electron chi connectivity index (χ2n) is 5.75. The van der Waals surface area contributed by atoms with Crippen LogP contribution in [0, 0.1) is 5.92 Å². The number of halogens is 3. The highest BCUT2D eigenvalue weighted by Gasteiger charge is 2.52. The summed E-state index contributed by atoms with van der Waals surface area (Å²) in [7, 11) is 0. The van der Waals surface area contributed by atoms with Crippen LogP contribution in [0.1, 0.15) is 21.5 Å². The van der Waals surface area contributed by atoms with Crippen molar-refractivity contribution < 1.29 is 32.6 Å². The van der Waals surface area contributed by atoms with Crippen LogP contribution in [-0.4, -0.2) is 29.1 Å². The fourth-order valence-corrected chi connectivity index (χ4v) is 2.83. The van der Waals surface area contributed by atoms with E-state index in [-0.39, 0.29) is 29.1 Å². The molecule has 7 heteroatoms. The predicted octanol–water partition coefficient (Wildman–Crippen LogP) is 3.48. The fraction of sp³-hybridized carbons (Fsp3) is 0.222. The SMILES string of the molecule is O=C(c1ccccc1)c1ccc2c(c1)CC(C(=O)O)C(C(F)(F)F)O2. The number of rotatable bonds is 3. The highest BCUT2D eigenvalue weighted by Crippen LogP contribution is 2.39. The number of carboxylic acid groups (broad SMARTS) is 1. The molecule has 0 saturated carbocycles. The number of aliphatic carboxylic acids is 1. The first-order chi connectivity index (χ1) is 11.8. The second-order valence-corrected chi connectivity index (χ2v) is 5.75. The van der Waals surface area contributed by atoms with Gasteiger partial charge in [0.05, 0.1) is 0 Å². The Labute approximate surface area is 140 Å². The monoisotopic (exact) mass is 350 g/mol. The first kappa shape index (κ1) is 17.0. The number of alkyl halides is 3. The van der Waals surface area contributed by atoms with E-state index in [2.05, 4.69) is 0 Å². The molecule has 0 fully saturated rings. The van der Waals surface area contributed by atoms with Gasteiger partial charge >= 0.3 is 12.1 Å². The maximum absolute atomic E-state index is 13.0. The molecule has 130 valence electrons. The van der Waals surface area contributed by atoms with Crippen LogP contribution in [0.2, 0.25) is 0 Å². The van der Waals surface area contributed by atoms with Gasteiger partial charge in [-0.1, -0.05) is 30.3 Å². The largest absolute Gasteiger partial charge is 0.481 e. The summed E-state index contributed by atoms with van der Waals surface area (Å²) >= 11 is 0. The third kappa shape index (κ3) is 3.35. The van der Waals surface area contributed by atoms with E-state index in [1.807, 2.05) is 0 Å². The van der Waals surface area contributed by atoms with E-state index in [0.29, 0.717) is 5.56 Å². The molecule has 0 amide bonds. The smallest absolute Gasteiger partial charge is 0.426 e. The summed E-state index contributed by atoms with van der Waals surface area (Å²) in [4.78, 5) is 23.6. The molecule has 0 bridgehead atoms. The number of ether oxygens (including phenoxy) is 1. The molecule has 0 aliphatic carbocycles. The molecule has 2 aromatic rings. The van der Waals surface area contributed by atoms with E-state index in [1.54, 1.807) is 30.3 Å². The fourth-order valence-electron chi connectivity index (χ4n) is 2.83. The average Bonchev–Trinajstić information content (AvgIpc) is 2.59. The number of hydrogen-bond donors (Lipinski definition) is 1. The number of fused-ring (bicyclic) bond motifs is 1. The standard InChI is InChI=1S/C18H13F3O4/c19-18(20,21)16-13(17(23)24)9-12-8-11(6-7-14(12)25-16)15(22)10-4-2-1-3-5-10/h1-8,13,16H,9H2,(H,23,24). The third-order valence-corrected chi connectivity index (χ3v) is 4.06. The molecular formula is C18H13F3O4. The number of benzene rings is 2. The lowest BCUT2D eigenvalue weighted by Gasteiger charge is -2.32. The molecule has 2 unspecified atom stereocenters. The van der Waals surface area contributed by atoms with Crippen molar-refractivity contribution in [1.82, 2.24) is 0 Å². The molecule has 1 heterocycles. The predicted molar refractivity (Wildman–Crippen MR) is 81.6 cm³/mol. The molecule has 1 aliphatic heterocycles. The van der Waals surface area contributed by atoms with Crippen molar-refractivity contribution in [2.75, 3.05) is 0 Å². The van der Waals surface area contributed by atoms with Crippen LogP contribution in [0.15, 0.2) is 48.5 Å². The van der Waals surface area contributed by atoms with E-state index in [0.717, 1.165) is 0 Å². The molecular weight excluding hydrogens is 337 g/mol. The lowest BCUT2D eigenvalue weighted by molar-refractivity contribution is -0.217. The summed E-state index contributed by atoms with van der Waals surface area (Å²) in [5.41, 5.74) is 0.972.